The van der Waals surface area contributed by atoms with E-state index in [-0.39, 0.29) is 11.8 Å². The summed E-state index contributed by atoms with van der Waals surface area (Å²) in [6.07, 6.45) is 1.57. The molecule has 0 saturated heterocycles. The van der Waals surface area contributed by atoms with Crippen molar-refractivity contribution >= 4 is 63.5 Å². The highest BCUT2D eigenvalue weighted by molar-refractivity contribution is 7.80. The second kappa shape index (κ2) is 8.33. The summed E-state index contributed by atoms with van der Waals surface area (Å²) in [4.78, 5) is 12.1. The van der Waals surface area contributed by atoms with Gasteiger partial charge < -0.3 is 20.7 Å². The van der Waals surface area contributed by atoms with Crippen molar-refractivity contribution in [2.45, 2.75) is 19.8 Å². The lowest BCUT2D eigenvalue weighted by atomic mass is 10.0. The van der Waals surface area contributed by atoms with Gasteiger partial charge in [-0.2, -0.15) is 0 Å². The van der Waals surface area contributed by atoms with Gasteiger partial charge in [-0.15, -0.1) is 0 Å². The number of rotatable bonds is 3. The van der Waals surface area contributed by atoms with Crippen LogP contribution in [0.2, 0.25) is 10.0 Å². The number of hydrogen-bond donors (Lipinski definition) is 3. The summed E-state index contributed by atoms with van der Waals surface area (Å²) >= 11 is 17.5. The zero-order chi connectivity index (χ0) is 19.6. The van der Waals surface area contributed by atoms with Crippen LogP contribution in [-0.2, 0) is 11.2 Å². The van der Waals surface area contributed by atoms with Gasteiger partial charge in [0.05, 0.1) is 23.5 Å². The predicted molar refractivity (Wildman–Crippen MR) is 115 cm³/mol. The van der Waals surface area contributed by atoms with Gasteiger partial charge in [-0.05, 0) is 54.9 Å². The first-order valence-corrected chi connectivity index (χ1v) is 9.58. The number of anilines is 3. The van der Waals surface area contributed by atoms with Crippen molar-refractivity contribution < 1.29 is 9.53 Å². The minimum absolute atomic E-state index is 0.0195. The van der Waals surface area contributed by atoms with Crippen LogP contribution in [0.3, 0.4) is 0 Å². The van der Waals surface area contributed by atoms with Gasteiger partial charge in [-0.3, -0.25) is 4.79 Å². The second-order valence-electron chi connectivity index (χ2n) is 6.34. The van der Waals surface area contributed by atoms with Crippen molar-refractivity contribution in [2.75, 3.05) is 23.1 Å². The molecule has 1 amide bonds. The number of hydrogen-bond acceptors (Lipinski definition) is 3. The quantitative estimate of drug-likeness (QED) is 0.582. The number of methoxy groups -OCH3 is 1. The van der Waals surface area contributed by atoms with Crippen molar-refractivity contribution in [3.63, 3.8) is 0 Å². The maximum Gasteiger partial charge on any atom is 0.227 e. The summed E-state index contributed by atoms with van der Waals surface area (Å²) in [6.45, 7) is 1.92. The van der Waals surface area contributed by atoms with E-state index >= 15 is 0 Å². The standard InChI is InChI=1S/C19H19Cl2N3O2S/c1-10-3-4-11-7-16(17(26-2)9-15(11)22-18(10)25)24-19(27)23-14-6-5-12(20)8-13(14)21/h5-10H,3-4H2,1-2H3,(H,22,25)(H2,23,24,27). The lowest BCUT2D eigenvalue weighted by molar-refractivity contribution is -0.119. The summed E-state index contributed by atoms with van der Waals surface area (Å²) in [6, 6.07) is 8.88. The number of halogens is 2. The van der Waals surface area contributed by atoms with Gasteiger partial charge >= 0.3 is 0 Å². The van der Waals surface area contributed by atoms with Crippen LogP contribution in [0.5, 0.6) is 5.75 Å². The minimum Gasteiger partial charge on any atom is -0.494 e. The maximum absolute atomic E-state index is 12.1. The lowest BCUT2D eigenvalue weighted by Crippen LogP contribution is -2.20. The van der Waals surface area contributed by atoms with Crippen LogP contribution in [-0.4, -0.2) is 18.1 Å². The van der Waals surface area contributed by atoms with E-state index < -0.39 is 0 Å². The summed E-state index contributed by atoms with van der Waals surface area (Å²) < 4.78 is 5.46. The number of aryl methyl sites for hydroxylation is 1. The average molecular weight is 424 g/mol. The Hall–Kier alpha value is -2.02. The first kappa shape index (κ1) is 19.7. The number of carbonyl (C=O) groups excluding carboxylic acids is 1. The van der Waals surface area contributed by atoms with Gasteiger partial charge in [0.2, 0.25) is 5.91 Å². The van der Waals surface area contributed by atoms with Gasteiger partial charge in [0.25, 0.3) is 0 Å². The highest BCUT2D eigenvalue weighted by Crippen LogP contribution is 2.35. The van der Waals surface area contributed by atoms with Crippen LogP contribution in [0.25, 0.3) is 0 Å². The van der Waals surface area contributed by atoms with Crippen molar-refractivity contribution in [1.82, 2.24) is 0 Å². The number of benzene rings is 2. The average Bonchev–Trinajstić information content (AvgIpc) is 2.75. The van der Waals surface area contributed by atoms with E-state index in [1.54, 1.807) is 25.3 Å². The lowest BCUT2D eigenvalue weighted by Gasteiger charge is -2.17. The summed E-state index contributed by atoms with van der Waals surface area (Å²) in [5.74, 6) is 0.565. The van der Waals surface area contributed by atoms with Crippen LogP contribution in [0, 0.1) is 5.92 Å². The zero-order valence-electron chi connectivity index (χ0n) is 14.9. The van der Waals surface area contributed by atoms with E-state index in [9.17, 15) is 4.79 Å². The monoisotopic (exact) mass is 423 g/mol. The molecule has 1 heterocycles. The molecule has 0 fully saturated rings. The summed E-state index contributed by atoms with van der Waals surface area (Å²) in [5.41, 5.74) is 3.16. The van der Waals surface area contributed by atoms with E-state index in [2.05, 4.69) is 16.0 Å². The molecule has 0 aromatic heterocycles. The van der Waals surface area contributed by atoms with Crippen LogP contribution in [0.1, 0.15) is 18.9 Å². The van der Waals surface area contributed by atoms with E-state index in [0.717, 1.165) is 24.1 Å². The van der Waals surface area contributed by atoms with Crippen LogP contribution >= 0.6 is 35.4 Å². The smallest absolute Gasteiger partial charge is 0.227 e. The van der Waals surface area contributed by atoms with Crippen molar-refractivity contribution in [3.05, 3.63) is 45.9 Å². The Morgan fingerprint density at radius 2 is 1.96 bits per heavy atom. The normalized spacial score (nSPS) is 16.0. The van der Waals surface area contributed by atoms with Crippen molar-refractivity contribution in [1.29, 1.82) is 0 Å². The number of carbonyl (C=O) groups is 1. The van der Waals surface area contributed by atoms with Gasteiger partial charge in [-0.1, -0.05) is 30.1 Å². The predicted octanol–water partition coefficient (Wildman–Crippen LogP) is 5.33. The third-order valence-electron chi connectivity index (χ3n) is 4.40. The Balaban J connectivity index is 1.82. The fraction of sp³-hybridized carbons (Fsp3) is 0.263. The molecule has 0 bridgehead atoms. The molecule has 2 aromatic rings. The molecule has 3 rings (SSSR count). The number of thiocarbonyl (C=S) groups is 1. The molecular weight excluding hydrogens is 405 g/mol. The summed E-state index contributed by atoms with van der Waals surface area (Å²) in [5, 5.41) is 10.5. The highest BCUT2D eigenvalue weighted by Gasteiger charge is 2.21. The Morgan fingerprint density at radius 1 is 1.22 bits per heavy atom. The SMILES string of the molecule is COc1cc2c(cc1NC(=S)Nc1ccc(Cl)cc1Cl)CCC(C)C(=O)N2. The Labute approximate surface area is 173 Å². The molecule has 1 atom stereocenters. The number of ether oxygens (including phenoxy) is 1. The van der Waals surface area contributed by atoms with E-state index in [0.29, 0.717) is 32.3 Å². The molecule has 142 valence electrons. The Kier molecular flexibility index (Phi) is 6.09. The van der Waals surface area contributed by atoms with Crippen molar-refractivity contribution in [2.24, 2.45) is 5.92 Å². The molecule has 0 spiro atoms. The van der Waals surface area contributed by atoms with E-state index in [1.165, 1.54) is 0 Å². The molecule has 5 nitrogen and oxygen atoms in total. The molecule has 0 radical (unpaired) electrons. The topological polar surface area (TPSA) is 62.4 Å². The largest absolute Gasteiger partial charge is 0.494 e. The van der Waals surface area contributed by atoms with E-state index in [1.807, 2.05) is 19.1 Å². The molecule has 27 heavy (non-hydrogen) atoms. The fourth-order valence-electron chi connectivity index (χ4n) is 2.84. The third-order valence-corrected chi connectivity index (χ3v) is 5.16. The molecule has 3 N–H and O–H groups in total. The molecule has 0 aliphatic carbocycles. The molecular formula is C19H19Cl2N3O2S. The number of nitrogens with one attached hydrogen (secondary N) is 3. The molecule has 1 unspecified atom stereocenters. The molecule has 2 aromatic carbocycles. The molecule has 1 aliphatic heterocycles. The number of fused-ring (bicyclic) bond motifs is 1. The molecule has 8 heteroatoms. The maximum atomic E-state index is 12.1. The van der Waals surface area contributed by atoms with E-state index in [4.69, 9.17) is 40.2 Å². The summed E-state index contributed by atoms with van der Waals surface area (Å²) in [7, 11) is 1.57. The third kappa shape index (κ3) is 4.64. The van der Waals surface area contributed by atoms with Gasteiger partial charge in [-0.25, -0.2) is 0 Å². The molecule has 0 saturated carbocycles. The first-order valence-electron chi connectivity index (χ1n) is 8.42. The number of amides is 1. The van der Waals surface area contributed by atoms with Crippen LogP contribution < -0.4 is 20.7 Å². The van der Waals surface area contributed by atoms with Crippen molar-refractivity contribution in [3.8, 4) is 5.75 Å². The van der Waals surface area contributed by atoms with Crippen LogP contribution in [0.4, 0.5) is 17.1 Å². The first-order chi connectivity index (χ1) is 12.9. The van der Waals surface area contributed by atoms with Gasteiger partial charge in [0, 0.05) is 22.7 Å². The van der Waals surface area contributed by atoms with Gasteiger partial charge in [0.15, 0.2) is 5.11 Å². The Morgan fingerprint density at radius 3 is 2.67 bits per heavy atom. The van der Waals surface area contributed by atoms with Crippen LogP contribution in [0.15, 0.2) is 30.3 Å². The highest BCUT2D eigenvalue weighted by atomic mass is 35.5. The second-order valence-corrected chi connectivity index (χ2v) is 7.59. The van der Waals surface area contributed by atoms with Gasteiger partial charge in [0.1, 0.15) is 5.75 Å². The zero-order valence-corrected chi connectivity index (χ0v) is 17.2. The molecule has 1 aliphatic rings. The fourth-order valence-corrected chi connectivity index (χ4v) is 3.52. The Bertz CT molecular complexity index is 905. The minimum atomic E-state index is -0.0328.